The quantitative estimate of drug-likeness (QED) is 0.492. The molecule has 0 spiro atoms. The van der Waals surface area contributed by atoms with Crippen molar-refractivity contribution in [1.29, 1.82) is 0 Å². The molecule has 6 unspecified atom stereocenters. The highest BCUT2D eigenvalue weighted by Crippen LogP contribution is 2.49. The zero-order chi connectivity index (χ0) is 16.4. The van der Waals surface area contributed by atoms with E-state index in [1.807, 2.05) is 0 Å². The number of hydrogen-bond acceptors (Lipinski definition) is 0. The molecule has 0 aliphatic heterocycles. The SMILES string of the molecule is C=C(C)CC(C1CCC(C)C(C)C1)C1C(C)CC(C)CC1C. The average molecular weight is 305 g/mol. The van der Waals surface area contributed by atoms with Gasteiger partial charge in [-0.25, -0.2) is 0 Å². The van der Waals surface area contributed by atoms with E-state index in [4.69, 9.17) is 0 Å². The van der Waals surface area contributed by atoms with E-state index in [0.29, 0.717) is 0 Å². The second kappa shape index (κ2) is 7.54. The third-order valence-corrected chi connectivity index (χ3v) is 7.19. The van der Waals surface area contributed by atoms with Crippen LogP contribution in [0.25, 0.3) is 0 Å². The fourth-order valence-electron chi connectivity index (χ4n) is 6.08. The second-order valence-electron chi connectivity index (χ2n) is 9.46. The summed E-state index contributed by atoms with van der Waals surface area (Å²) >= 11 is 0. The predicted molar refractivity (Wildman–Crippen MR) is 98.8 cm³/mol. The van der Waals surface area contributed by atoms with Crippen LogP contribution >= 0.6 is 0 Å². The maximum atomic E-state index is 4.28. The van der Waals surface area contributed by atoms with Crippen LogP contribution in [-0.2, 0) is 0 Å². The minimum Gasteiger partial charge on any atom is -0.100 e. The maximum Gasteiger partial charge on any atom is -0.0292 e. The van der Waals surface area contributed by atoms with Crippen molar-refractivity contribution in [2.24, 2.45) is 47.3 Å². The molecule has 0 aromatic heterocycles. The van der Waals surface area contributed by atoms with Gasteiger partial charge in [0.25, 0.3) is 0 Å². The molecule has 6 atom stereocenters. The van der Waals surface area contributed by atoms with Crippen LogP contribution in [0.1, 0.15) is 80.1 Å². The van der Waals surface area contributed by atoms with Crippen LogP contribution in [0, 0.1) is 47.3 Å². The summed E-state index contributed by atoms with van der Waals surface area (Å²) in [5.74, 6) is 7.35. The van der Waals surface area contributed by atoms with Crippen molar-refractivity contribution in [3.63, 3.8) is 0 Å². The van der Waals surface area contributed by atoms with Crippen molar-refractivity contribution in [3.8, 4) is 0 Å². The molecule has 22 heavy (non-hydrogen) atoms. The standard InChI is InChI=1S/C22H40/c1-14(2)10-21(20-9-8-16(4)17(5)13-20)22-18(6)11-15(3)12-19(22)7/h15-22H,1,8-13H2,2-7H3. The Hall–Kier alpha value is -0.260. The molecule has 2 aliphatic rings. The maximum absolute atomic E-state index is 4.28. The van der Waals surface area contributed by atoms with Gasteiger partial charge in [-0.2, -0.15) is 0 Å². The molecule has 0 amide bonds. The lowest BCUT2D eigenvalue weighted by atomic mass is 9.58. The summed E-state index contributed by atoms with van der Waals surface area (Å²) in [5.41, 5.74) is 1.41. The van der Waals surface area contributed by atoms with Crippen LogP contribution in [0.4, 0.5) is 0 Å². The number of allylic oxidation sites excluding steroid dienone is 1. The van der Waals surface area contributed by atoms with E-state index in [0.717, 1.165) is 47.3 Å². The first kappa shape index (κ1) is 18.1. The zero-order valence-corrected chi connectivity index (χ0v) is 16.1. The first-order valence-electron chi connectivity index (χ1n) is 9.93. The molecule has 0 radical (unpaired) electrons. The normalized spacial score (nSPS) is 44.5. The summed E-state index contributed by atoms with van der Waals surface area (Å²) in [4.78, 5) is 0. The zero-order valence-electron chi connectivity index (χ0n) is 16.1. The second-order valence-corrected chi connectivity index (χ2v) is 9.46. The molecule has 128 valence electrons. The lowest BCUT2D eigenvalue weighted by molar-refractivity contribution is 0.0262. The molecule has 2 aliphatic carbocycles. The summed E-state index contributed by atoms with van der Waals surface area (Å²) in [7, 11) is 0. The molecule has 0 nitrogen and oxygen atoms in total. The average Bonchev–Trinajstić information content (AvgIpc) is 2.39. The molecule has 0 saturated heterocycles. The molecular weight excluding hydrogens is 264 g/mol. The Balaban J connectivity index is 2.16. The molecule has 2 rings (SSSR count). The van der Waals surface area contributed by atoms with Crippen molar-refractivity contribution in [2.75, 3.05) is 0 Å². The van der Waals surface area contributed by atoms with Crippen molar-refractivity contribution >= 4 is 0 Å². The fraction of sp³-hybridized carbons (Fsp3) is 0.909. The summed E-state index contributed by atoms with van der Waals surface area (Å²) in [6.45, 7) is 19.0. The van der Waals surface area contributed by atoms with Gasteiger partial charge in [-0.3, -0.25) is 0 Å². The van der Waals surface area contributed by atoms with E-state index in [1.165, 1.54) is 44.1 Å². The van der Waals surface area contributed by atoms with E-state index >= 15 is 0 Å². The van der Waals surface area contributed by atoms with Crippen LogP contribution in [-0.4, -0.2) is 0 Å². The highest BCUT2D eigenvalue weighted by molar-refractivity contribution is 4.98. The molecule has 2 saturated carbocycles. The smallest absolute Gasteiger partial charge is 0.0292 e. The lowest BCUT2D eigenvalue weighted by Crippen LogP contribution is -2.39. The topological polar surface area (TPSA) is 0 Å². The molecule has 0 bridgehead atoms. The minimum atomic E-state index is 0.893. The summed E-state index contributed by atoms with van der Waals surface area (Å²) in [5, 5.41) is 0. The lowest BCUT2D eigenvalue weighted by Gasteiger charge is -2.47. The number of hydrogen-bond donors (Lipinski definition) is 0. The van der Waals surface area contributed by atoms with Crippen LogP contribution in [0.3, 0.4) is 0 Å². The molecule has 2 fully saturated rings. The Morgan fingerprint density at radius 2 is 1.45 bits per heavy atom. The number of rotatable bonds is 4. The largest absolute Gasteiger partial charge is 0.100 e. The van der Waals surface area contributed by atoms with Gasteiger partial charge in [0.05, 0.1) is 0 Å². The van der Waals surface area contributed by atoms with Gasteiger partial charge in [-0.15, -0.1) is 6.58 Å². The van der Waals surface area contributed by atoms with Gasteiger partial charge < -0.3 is 0 Å². The van der Waals surface area contributed by atoms with E-state index in [1.54, 1.807) is 0 Å². The molecule has 0 heterocycles. The van der Waals surface area contributed by atoms with Crippen molar-refractivity contribution < 1.29 is 0 Å². The third kappa shape index (κ3) is 4.18. The highest BCUT2D eigenvalue weighted by atomic mass is 14.5. The van der Waals surface area contributed by atoms with Gasteiger partial charge in [0, 0.05) is 0 Å². The third-order valence-electron chi connectivity index (χ3n) is 7.19. The Labute approximate surface area is 140 Å². The van der Waals surface area contributed by atoms with Crippen LogP contribution in [0.15, 0.2) is 12.2 Å². The summed E-state index contributed by atoms with van der Waals surface area (Å²) < 4.78 is 0. The van der Waals surface area contributed by atoms with Gasteiger partial charge in [-0.05, 0) is 86.4 Å². The van der Waals surface area contributed by atoms with E-state index in [9.17, 15) is 0 Å². The summed E-state index contributed by atoms with van der Waals surface area (Å²) in [6, 6.07) is 0. The van der Waals surface area contributed by atoms with Crippen LogP contribution in [0.5, 0.6) is 0 Å². The van der Waals surface area contributed by atoms with Gasteiger partial charge in [0.2, 0.25) is 0 Å². The Kier molecular flexibility index (Phi) is 6.20. The molecule has 0 aromatic rings. The van der Waals surface area contributed by atoms with Crippen molar-refractivity contribution in [2.45, 2.75) is 80.1 Å². The Morgan fingerprint density at radius 3 is 1.95 bits per heavy atom. The van der Waals surface area contributed by atoms with Crippen LogP contribution < -0.4 is 0 Å². The van der Waals surface area contributed by atoms with E-state index in [-0.39, 0.29) is 0 Å². The van der Waals surface area contributed by atoms with Gasteiger partial charge in [0.15, 0.2) is 0 Å². The van der Waals surface area contributed by atoms with Crippen LogP contribution in [0.2, 0.25) is 0 Å². The van der Waals surface area contributed by atoms with Crippen molar-refractivity contribution in [1.82, 2.24) is 0 Å². The predicted octanol–water partition coefficient (Wildman–Crippen LogP) is 6.96. The van der Waals surface area contributed by atoms with E-state index < -0.39 is 0 Å². The van der Waals surface area contributed by atoms with Gasteiger partial charge in [-0.1, -0.05) is 46.6 Å². The Bertz CT molecular complexity index is 356. The van der Waals surface area contributed by atoms with Gasteiger partial charge >= 0.3 is 0 Å². The summed E-state index contributed by atoms with van der Waals surface area (Å²) in [6.07, 6.45) is 8.55. The highest BCUT2D eigenvalue weighted by Gasteiger charge is 2.41. The molecule has 0 aromatic carbocycles. The van der Waals surface area contributed by atoms with E-state index in [2.05, 4.69) is 48.1 Å². The molecular formula is C22H40. The molecule has 0 N–H and O–H groups in total. The first-order valence-corrected chi connectivity index (χ1v) is 9.93. The van der Waals surface area contributed by atoms with Crippen molar-refractivity contribution in [3.05, 3.63) is 12.2 Å². The van der Waals surface area contributed by atoms with Gasteiger partial charge in [0.1, 0.15) is 0 Å². The molecule has 0 heteroatoms. The first-order chi connectivity index (χ1) is 10.3. The minimum absolute atomic E-state index is 0.893. The monoisotopic (exact) mass is 304 g/mol. The Morgan fingerprint density at radius 1 is 0.864 bits per heavy atom. The fourth-order valence-corrected chi connectivity index (χ4v) is 6.08.